The van der Waals surface area contributed by atoms with Gasteiger partial charge in [0, 0.05) is 6.42 Å². The van der Waals surface area contributed by atoms with Crippen LogP contribution in [0.3, 0.4) is 0 Å². The molecule has 0 rings (SSSR count). The number of esters is 1. The number of hydrogen-bond acceptors (Lipinski definition) is 5. The van der Waals surface area contributed by atoms with Crippen LogP contribution in [0.1, 0.15) is 278 Å². The molecule has 0 saturated carbocycles. The number of rotatable bonds is 47. The van der Waals surface area contributed by atoms with Crippen LogP contribution in [-0.2, 0) is 14.3 Å². The van der Waals surface area contributed by atoms with E-state index in [1.807, 2.05) is 0 Å². The predicted molar refractivity (Wildman–Crippen MR) is 255 cm³/mol. The van der Waals surface area contributed by atoms with Crippen LogP contribution in [0.4, 0.5) is 0 Å². The van der Waals surface area contributed by atoms with Crippen molar-refractivity contribution in [3.63, 3.8) is 0 Å². The van der Waals surface area contributed by atoms with Crippen molar-refractivity contribution in [2.24, 2.45) is 0 Å². The molecule has 0 aliphatic heterocycles. The number of carbonyl (C=O) groups is 2. The summed E-state index contributed by atoms with van der Waals surface area (Å²) < 4.78 is 5.93. The Kier molecular flexibility index (Phi) is 46.1. The fourth-order valence-corrected chi connectivity index (χ4v) is 8.05. The number of unbranched alkanes of at least 4 members (excludes halogenated alkanes) is 31. The van der Waals surface area contributed by atoms with Crippen LogP contribution in [0.5, 0.6) is 0 Å². The summed E-state index contributed by atoms with van der Waals surface area (Å²) in [6, 6.07) is -0.700. The number of ether oxygens (including phenoxy) is 1. The largest absolute Gasteiger partial charge is 0.462 e. The summed E-state index contributed by atoms with van der Waals surface area (Å²) >= 11 is 0. The first kappa shape index (κ1) is 57.3. The Morgan fingerprint density at radius 1 is 0.492 bits per heavy atom. The fourth-order valence-electron chi connectivity index (χ4n) is 8.05. The molecule has 0 aliphatic carbocycles. The van der Waals surface area contributed by atoms with Crippen LogP contribution < -0.4 is 5.32 Å². The molecule has 0 aromatic carbocycles. The Morgan fingerprint density at radius 2 is 0.864 bits per heavy atom. The maximum Gasteiger partial charge on any atom is 0.306 e. The maximum absolute atomic E-state index is 13.2. The average Bonchev–Trinajstić information content (AvgIpc) is 3.23. The lowest BCUT2D eigenvalue weighted by Gasteiger charge is -2.24. The third-order valence-electron chi connectivity index (χ3n) is 12.0. The van der Waals surface area contributed by atoms with Crippen LogP contribution in [0, 0.1) is 0 Å². The quantitative estimate of drug-likeness (QED) is 0.0322. The molecule has 59 heavy (non-hydrogen) atoms. The number of amides is 1. The molecule has 3 N–H and O–H groups in total. The number of aliphatic hydroxyl groups excluding tert-OH is 2. The molecular formula is C53H101NO5. The van der Waals surface area contributed by atoms with E-state index in [4.69, 9.17) is 4.74 Å². The van der Waals surface area contributed by atoms with Crippen molar-refractivity contribution in [1.29, 1.82) is 0 Å². The second-order valence-corrected chi connectivity index (χ2v) is 17.9. The molecule has 3 atom stereocenters. The average molecular weight is 832 g/mol. The van der Waals surface area contributed by atoms with Crippen LogP contribution in [0.2, 0.25) is 0 Å². The first-order chi connectivity index (χ1) is 29.0. The molecule has 3 unspecified atom stereocenters. The van der Waals surface area contributed by atoms with Crippen molar-refractivity contribution < 1.29 is 24.5 Å². The number of allylic oxidation sites excluding steroid dienone is 4. The molecule has 0 bridgehead atoms. The molecule has 6 heteroatoms. The Morgan fingerprint density at radius 3 is 1.32 bits per heavy atom. The first-order valence-corrected chi connectivity index (χ1v) is 26.1. The molecule has 1 amide bonds. The second-order valence-electron chi connectivity index (χ2n) is 17.9. The summed E-state index contributed by atoms with van der Waals surface area (Å²) in [5, 5.41) is 23.7. The molecule has 0 saturated heterocycles. The van der Waals surface area contributed by atoms with Gasteiger partial charge in [0.05, 0.1) is 25.2 Å². The normalized spacial score (nSPS) is 13.4. The minimum Gasteiger partial charge on any atom is -0.462 e. The van der Waals surface area contributed by atoms with Gasteiger partial charge in [-0.05, 0) is 57.8 Å². The number of nitrogens with one attached hydrogen (secondary N) is 1. The van der Waals surface area contributed by atoms with Crippen LogP contribution >= 0.6 is 0 Å². The van der Waals surface area contributed by atoms with Crippen LogP contribution in [0.25, 0.3) is 0 Å². The van der Waals surface area contributed by atoms with Crippen molar-refractivity contribution >= 4 is 11.9 Å². The van der Waals surface area contributed by atoms with Gasteiger partial charge in [-0.25, -0.2) is 0 Å². The summed E-state index contributed by atoms with van der Waals surface area (Å²) in [4.78, 5) is 26.1. The van der Waals surface area contributed by atoms with Gasteiger partial charge in [-0.2, -0.15) is 0 Å². The Bertz CT molecular complexity index is 935. The topological polar surface area (TPSA) is 95.9 Å². The van der Waals surface area contributed by atoms with E-state index in [-0.39, 0.29) is 24.9 Å². The highest BCUT2D eigenvalue weighted by atomic mass is 16.5. The molecule has 0 spiro atoms. The molecule has 0 fully saturated rings. The smallest absolute Gasteiger partial charge is 0.306 e. The van der Waals surface area contributed by atoms with Gasteiger partial charge >= 0.3 is 5.97 Å². The minimum absolute atomic E-state index is 0.0732. The van der Waals surface area contributed by atoms with Gasteiger partial charge in [0.25, 0.3) is 0 Å². The van der Waals surface area contributed by atoms with E-state index in [1.54, 1.807) is 0 Å². The van der Waals surface area contributed by atoms with Crippen LogP contribution in [0.15, 0.2) is 24.3 Å². The van der Waals surface area contributed by atoms with E-state index in [2.05, 4.69) is 50.4 Å². The Balaban J connectivity index is 4.55. The van der Waals surface area contributed by atoms with Crippen molar-refractivity contribution in [1.82, 2.24) is 5.32 Å². The molecule has 0 aromatic rings. The van der Waals surface area contributed by atoms with E-state index >= 15 is 0 Å². The van der Waals surface area contributed by atoms with Gasteiger partial charge in [-0.1, -0.05) is 231 Å². The van der Waals surface area contributed by atoms with E-state index in [0.29, 0.717) is 19.3 Å². The molecule has 0 heterocycles. The van der Waals surface area contributed by atoms with E-state index in [9.17, 15) is 19.8 Å². The molecule has 0 radical (unpaired) electrons. The Labute approximate surface area is 367 Å². The standard InChI is InChI=1S/C53H101NO5/c1-4-7-10-13-16-19-21-23-25-27-29-31-34-37-40-43-46-53(58)59-49(44-41-38-35-33-30-28-26-24-22-20-17-14-11-8-5-2)47-52(57)54-50(48-55)51(56)45-42-39-36-32-18-15-12-9-6-3/h17,20,24,26,49-51,55-56H,4-16,18-19,21-23,25,27-48H2,1-3H3,(H,54,57)/b20-17-,26-24-. The zero-order chi connectivity index (χ0) is 43.1. The summed E-state index contributed by atoms with van der Waals surface area (Å²) in [6.07, 6.45) is 53.8. The van der Waals surface area contributed by atoms with Crippen molar-refractivity contribution in [3.8, 4) is 0 Å². The van der Waals surface area contributed by atoms with Gasteiger partial charge < -0.3 is 20.3 Å². The van der Waals surface area contributed by atoms with Crippen LogP contribution in [-0.4, -0.2) is 46.9 Å². The SMILES string of the molecule is CCCCC/C=C\C/C=C\CCCCCCCC(CC(=O)NC(CO)C(O)CCCCCCCCCCC)OC(=O)CCCCCCCCCCCCCCCCCC. The third kappa shape index (κ3) is 42.8. The maximum atomic E-state index is 13.2. The van der Waals surface area contributed by atoms with Gasteiger partial charge in [0.15, 0.2) is 0 Å². The van der Waals surface area contributed by atoms with E-state index < -0.39 is 18.2 Å². The van der Waals surface area contributed by atoms with Crippen molar-refractivity contribution in [3.05, 3.63) is 24.3 Å². The fraction of sp³-hybridized carbons (Fsp3) is 0.887. The third-order valence-corrected chi connectivity index (χ3v) is 12.0. The van der Waals surface area contributed by atoms with Crippen molar-refractivity contribution in [2.75, 3.05) is 6.61 Å². The van der Waals surface area contributed by atoms with Crippen molar-refractivity contribution in [2.45, 2.75) is 296 Å². The molecular weight excluding hydrogens is 731 g/mol. The monoisotopic (exact) mass is 832 g/mol. The highest BCUT2D eigenvalue weighted by molar-refractivity contribution is 5.77. The number of carbonyl (C=O) groups excluding carboxylic acids is 2. The zero-order valence-corrected chi connectivity index (χ0v) is 39.7. The van der Waals surface area contributed by atoms with E-state index in [1.165, 1.54) is 161 Å². The summed E-state index contributed by atoms with van der Waals surface area (Å²) in [5.41, 5.74) is 0. The lowest BCUT2D eigenvalue weighted by Crippen LogP contribution is -2.46. The number of aliphatic hydroxyl groups is 2. The van der Waals surface area contributed by atoms with Gasteiger partial charge in [-0.15, -0.1) is 0 Å². The number of hydrogen-bond donors (Lipinski definition) is 3. The van der Waals surface area contributed by atoms with Gasteiger partial charge in [0.2, 0.25) is 5.91 Å². The highest BCUT2D eigenvalue weighted by Gasteiger charge is 2.24. The summed E-state index contributed by atoms with van der Waals surface area (Å²) in [5.74, 6) is -0.474. The first-order valence-electron chi connectivity index (χ1n) is 26.1. The molecule has 0 aromatic heterocycles. The molecule has 6 nitrogen and oxygen atoms in total. The zero-order valence-electron chi connectivity index (χ0n) is 39.7. The minimum atomic E-state index is -0.786. The second kappa shape index (κ2) is 47.4. The molecule has 348 valence electrons. The van der Waals surface area contributed by atoms with Gasteiger partial charge in [-0.3, -0.25) is 9.59 Å². The lowest BCUT2D eigenvalue weighted by molar-refractivity contribution is -0.151. The van der Waals surface area contributed by atoms with E-state index in [0.717, 1.165) is 70.6 Å². The lowest BCUT2D eigenvalue weighted by atomic mass is 10.0. The molecule has 0 aliphatic rings. The Hall–Kier alpha value is -1.66. The predicted octanol–water partition coefficient (Wildman–Crippen LogP) is 15.5. The van der Waals surface area contributed by atoms with Gasteiger partial charge in [0.1, 0.15) is 6.10 Å². The summed E-state index contributed by atoms with van der Waals surface area (Å²) in [6.45, 7) is 6.45. The summed E-state index contributed by atoms with van der Waals surface area (Å²) in [7, 11) is 0. The highest BCUT2D eigenvalue weighted by Crippen LogP contribution is 2.18.